The van der Waals surface area contributed by atoms with E-state index in [0.29, 0.717) is 19.3 Å². The Morgan fingerprint density at radius 1 is 0.299 bits per heavy atom. The fourth-order valence-electron chi connectivity index (χ4n) is 8.35. The van der Waals surface area contributed by atoms with Crippen LogP contribution in [0.5, 0.6) is 0 Å². The van der Waals surface area contributed by atoms with Crippen molar-refractivity contribution in [1.29, 1.82) is 0 Å². The van der Waals surface area contributed by atoms with E-state index in [9.17, 15) is 14.4 Å². The third-order valence-electron chi connectivity index (χ3n) is 12.8. The van der Waals surface area contributed by atoms with E-state index < -0.39 is 6.10 Å². The lowest BCUT2D eigenvalue weighted by Crippen LogP contribution is -2.30. The summed E-state index contributed by atoms with van der Waals surface area (Å²) in [7, 11) is 0. The lowest BCUT2D eigenvalue weighted by atomic mass is 10.0. The summed E-state index contributed by atoms with van der Waals surface area (Å²) in [6.45, 7) is 6.58. The smallest absolute Gasteiger partial charge is 0.306 e. The van der Waals surface area contributed by atoms with Gasteiger partial charge in [-0.2, -0.15) is 0 Å². The van der Waals surface area contributed by atoms with Gasteiger partial charge >= 0.3 is 17.9 Å². The van der Waals surface area contributed by atoms with Gasteiger partial charge in [0, 0.05) is 19.3 Å². The Labute approximate surface area is 416 Å². The number of ether oxygens (including phenoxy) is 3. The molecule has 0 aliphatic rings. The van der Waals surface area contributed by atoms with Crippen LogP contribution in [0.1, 0.15) is 303 Å². The van der Waals surface area contributed by atoms with E-state index in [0.717, 1.165) is 83.5 Å². The fourth-order valence-corrected chi connectivity index (χ4v) is 8.35. The van der Waals surface area contributed by atoms with Crippen LogP contribution in [0.25, 0.3) is 0 Å². The second kappa shape index (κ2) is 56.0. The summed E-state index contributed by atoms with van der Waals surface area (Å²) in [6.07, 6.45) is 68.3. The van der Waals surface area contributed by atoms with Crippen molar-refractivity contribution < 1.29 is 28.6 Å². The third kappa shape index (κ3) is 54.2. The van der Waals surface area contributed by atoms with Gasteiger partial charge < -0.3 is 14.2 Å². The highest BCUT2D eigenvalue weighted by atomic mass is 16.6. The van der Waals surface area contributed by atoms with Crippen molar-refractivity contribution in [2.75, 3.05) is 13.2 Å². The van der Waals surface area contributed by atoms with Gasteiger partial charge in [0.1, 0.15) is 13.2 Å². The Morgan fingerprint density at radius 2 is 0.567 bits per heavy atom. The minimum absolute atomic E-state index is 0.0787. The molecule has 1 atom stereocenters. The van der Waals surface area contributed by atoms with Gasteiger partial charge in [-0.25, -0.2) is 0 Å². The molecule has 0 amide bonds. The standard InChI is InChI=1S/C61H110O6/c1-4-7-10-13-16-19-22-24-26-28-29-30-31-32-33-34-36-37-39-42-45-48-51-54-60(63)66-57-58(56-65-59(62)53-50-47-44-41-21-18-15-12-9-6-3)67-61(64)55-52-49-46-43-40-38-35-27-25-23-20-17-14-11-8-5-2/h12,15,22,24,27-29,35,58H,4-11,13-14,16-21,23,25-26,30-34,36-57H2,1-3H3/b15-12-,24-22-,29-28-,35-27-. The summed E-state index contributed by atoms with van der Waals surface area (Å²) < 4.78 is 16.8. The van der Waals surface area contributed by atoms with E-state index in [1.807, 2.05) is 0 Å². The average Bonchev–Trinajstić information content (AvgIpc) is 3.33. The number of esters is 3. The maximum Gasteiger partial charge on any atom is 0.306 e. The molecule has 0 aliphatic heterocycles. The third-order valence-corrected chi connectivity index (χ3v) is 12.8. The predicted octanol–water partition coefficient (Wildman–Crippen LogP) is 19.4. The molecule has 67 heavy (non-hydrogen) atoms. The number of rotatable bonds is 53. The molecule has 0 aliphatic carbocycles. The molecule has 0 rings (SSSR count). The van der Waals surface area contributed by atoms with Gasteiger partial charge in [0.2, 0.25) is 0 Å². The first-order valence-electron chi connectivity index (χ1n) is 29.1. The maximum absolute atomic E-state index is 12.8. The van der Waals surface area contributed by atoms with Gasteiger partial charge in [0.25, 0.3) is 0 Å². The van der Waals surface area contributed by atoms with Gasteiger partial charge in [-0.3, -0.25) is 14.4 Å². The van der Waals surface area contributed by atoms with E-state index in [4.69, 9.17) is 14.2 Å². The molecular formula is C61H110O6. The molecule has 6 heteroatoms. The lowest BCUT2D eigenvalue weighted by Gasteiger charge is -2.18. The Balaban J connectivity index is 4.26. The molecule has 0 saturated heterocycles. The zero-order valence-corrected chi connectivity index (χ0v) is 44.7. The Kier molecular flexibility index (Phi) is 53.8. The molecule has 0 aromatic carbocycles. The Hall–Kier alpha value is -2.63. The van der Waals surface area contributed by atoms with Crippen LogP contribution in [0.2, 0.25) is 0 Å². The number of unbranched alkanes of at least 4 members (excludes halogenated alkanes) is 34. The van der Waals surface area contributed by atoms with Crippen molar-refractivity contribution in [3.63, 3.8) is 0 Å². The number of hydrogen-bond donors (Lipinski definition) is 0. The van der Waals surface area contributed by atoms with Gasteiger partial charge in [-0.05, 0) is 96.3 Å². The Morgan fingerprint density at radius 3 is 0.896 bits per heavy atom. The molecule has 390 valence electrons. The molecule has 0 spiro atoms. The molecule has 0 bridgehead atoms. The SMILES string of the molecule is CCC/C=C\CCCCCCCC(=O)OCC(COC(=O)CCCCCCCCCCCCC/C=C\C/C=C\CCCCCCC)OC(=O)CCCCCCC/C=C\CCCCCCCCC. The number of carbonyl (C=O) groups is 3. The van der Waals surface area contributed by atoms with E-state index in [2.05, 4.69) is 69.4 Å². The summed E-state index contributed by atoms with van der Waals surface area (Å²) in [5.41, 5.74) is 0. The van der Waals surface area contributed by atoms with Crippen LogP contribution in [0.3, 0.4) is 0 Å². The second-order valence-corrected chi connectivity index (χ2v) is 19.5. The number of allylic oxidation sites excluding steroid dienone is 8. The Bertz CT molecular complexity index is 1170. The highest BCUT2D eigenvalue weighted by Crippen LogP contribution is 2.16. The van der Waals surface area contributed by atoms with Crippen molar-refractivity contribution in [3.8, 4) is 0 Å². The predicted molar refractivity (Wildman–Crippen MR) is 289 cm³/mol. The van der Waals surface area contributed by atoms with Crippen LogP contribution in [0.4, 0.5) is 0 Å². The highest BCUT2D eigenvalue weighted by molar-refractivity contribution is 5.71. The van der Waals surface area contributed by atoms with Crippen molar-refractivity contribution in [3.05, 3.63) is 48.6 Å². The van der Waals surface area contributed by atoms with Crippen LogP contribution >= 0.6 is 0 Å². The van der Waals surface area contributed by atoms with Crippen LogP contribution in [0, 0.1) is 0 Å². The van der Waals surface area contributed by atoms with E-state index in [1.54, 1.807) is 0 Å². The van der Waals surface area contributed by atoms with Crippen molar-refractivity contribution in [2.24, 2.45) is 0 Å². The molecule has 0 aromatic rings. The highest BCUT2D eigenvalue weighted by Gasteiger charge is 2.19. The number of carbonyl (C=O) groups excluding carboxylic acids is 3. The van der Waals surface area contributed by atoms with Crippen LogP contribution in [0.15, 0.2) is 48.6 Å². The summed E-state index contributed by atoms with van der Waals surface area (Å²) >= 11 is 0. The zero-order valence-electron chi connectivity index (χ0n) is 44.7. The van der Waals surface area contributed by atoms with Crippen molar-refractivity contribution in [1.82, 2.24) is 0 Å². The van der Waals surface area contributed by atoms with Crippen LogP contribution in [-0.4, -0.2) is 37.2 Å². The first kappa shape index (κ1) is 64.4. The fraction of sp³-hybridized carbons (Fsp3) is 0.820. The number of hydrogen-bond acceptors (Lipinski definition) is 6. The van der Waals surface area contributed by atoms with Crippen molar-refractivity contribution in [2.45, 2.75) is 309 Å². The quantitative estimate of drug-likeness (QED) is 0.0262. The molecule has 0 saturated carbocycles. The maximum atomic E-state index is 12.8. The minimum Gasteiger partial charge on any atom is -0.462 e. The van der Waals surface area contributed by atoms with Gasteiger partial charge in [0.15, 0.2) is 6.10 Å². The van der Waals surface area contributed by atoms with Crippen molar-refractivity contribution >= 4 is 17.9 Å². The van der Waals surface area contributed by atoms with Gasteiger partial charge in [0.05, 0.1) is 0 Å². The van der Waals surface area contributed by atoms with Gasteiger partial charge in [-0.15, -0.1) is 0 Å². The molecule has 0 fully saturated rings. The molecule has 0 radical (unpaired) electrons. The molecule has 0 aromatic heterocycles. The van der Waals surface area contributed by atoms with Gasteiger partial charge in [-0.1, -0.05) is 236 Å². The van der Waals surface area contributed by atoms with Crippen LogP contribution < -0.4 is 0 Å². The molecular weight excluding hydrogens is 829 g/mol. The summed E-state index contributed by atoms with van der Waals surface area (Å²) in [4.78, 5) is 38.1. The zero-order chi connectivity index (χ0) is 48.6. The average molecular weight is 940 g/mol. The molecule has 6 nitrogen and oxygen atoms in total. The molecule has 0 N–H and O–H groups in total. The topological polar surface area (TPSA) is 78.9 Å². The van der Waals surface area contributed by atoms with Crippen LogP contribution in [-0.2, 0) is 28.6 Å². The minimum atomic E-state index is -0.780. The first-order valence-corrected chi connectivity index (χ1v) is 29.1. The molecule has 0 heterocycles. The monoisotopic (exact) mass is 939 g/mol. The van der Waals surface area contributed by atoms with E-state index in [1.165, 1.54) is 180 Å². The van der Waals surface area contributed by atoms with E-state index in [-0.39, 0.29) is 31.1 Å². The normalized spacial score (nSPS) is 12.3. The summed E-state index contributed by atoms with van der Waals surface area (Å²) in [6, 6.07) is 0. The second-order valence-electron chi connectivity index (χ2n) is 19.5. The lowest BCUT2D eigenvalue weighted by molar-refractivity contribution is -0.167. The summed E-state index contributed by atoms with van der Waals surface area (Å²) in [5.74, 6) is -0.889. The first-order chi connectivity index (χ1) is 33.0. The molecule has 1 unspecified atom stereocenters. The van der Waals surface area contributed by atoms with E-state index >= 15 is 0 Å². The largest absolute Gasteiger partial charge is 0.462 e. The summed E-state index contributed by atoms with van der Waals surface area (Å²) in [5, 5.41) is 0.